The van der Waals surface area contributed by atoms with E-state index in [0.29, 0.717) is 23.1 Å². The molecule has 4 aromatic rings. The first kappa shape index (κ1) is 20.4. The van der Waals surface area contributed by atoms with Crippen LogP contribution in [-0.2, 0) is 10.0 Å². The second-order valence-corrected chi connectivity index (χ2v) is 9.95. The largest absolute Gasteiger partial charge is 0.368 e. The van der Waals surface area contributed by atoms with E-state index in [1.807, 2.05) is 50.2 Å². The third-order valence-corrected chi connectivity index (χ3v) is 7.20. The summed E-state index contributed by atoms with van der Waals surface area (Å²) in [6, 6.07) is 13.1. The van der Waals surface area contributed by atoms with Gasteiger partial charge in [-0.1, -0.05) is 12.1 Å². The molecule has 0 saturated carbocycles. The normalized spacial score (nSPS) is 11.7. The molecule has 0 spiro atoms. The van der Waals surface area contributed by atoms with Gasteiger partial charge in [0.1, 0.15) is 5.82 Å². The molecule has 0 amide bonds. The van der Waals surface area contributed by atoms with E-state index in [2.05, 4.69) is 25.0 Å². The maximum absolute atomic E-state index is 12.6. The monoisotopic (exact) mass is 439 g/mol. The van der Waals surface area contributed by atoms with Crippen LogP contribution in [0.25, 0.3) is 22.3 Å². The van der Waals surface area contributed by atoms with Crippen molar-refractivity contribution >= 4 is 38.1 Å². The maximum Gasteiger partial charge on any atom is 0.241 e. The molecule has 4 rings (SSSR count). The lowest BCUT2D eigenvalue weighted by atomic mass is 10.2. The topological polar surface area (TPSA) is 96.9 Å². The Hall–Kier alpha value is -2.88. The van der Waals surface area contributed by atoms with Gasteiger partial charge in [0.05, 0.1) is 10.4 Å². The fraction of sp³-hybridized carbons (Fsp3) is 0.190. The van der Waals surface area contributed by atoms with Crippen LogP contribution in [0, 0.1) is 13.8 Å². The third kappa shape index (κ3) is 4.33. The summed E-state index contributed by atoms with van der Waals surface area (Å²) >= 11 is 1.48. The maximum atomic E-state index is 12.6. The molecule has 0 saturated heterocycles. The van der Waals surface area contributed by atoms with Crippen molar-refractivity contribution < 1.29 is 8.42 Å². The molecule has 9 heteroatoms. The number of sulfonamides is 1. The third-order valence-electron chi connectivity index (χ3n) is 4.52. The Morgan fingerprint density at radius 2 is 1.87 bits per heavy atom. The van der Waals surface area contributed by atoms with Gasteiger partial charge in [0.2, 0.25) is 10.0 Å². The van der Waals surface area contributed by atoms with E-state index >= 15 is 0 Å². The van der Waals surface area contributed by atoms with Crippen LogP contribution in [0.15, 0.2) is 59.8 Å². The Bertz CT molecular complexity index is 1290. The molecule has 0 unspecified atom stereocenters. The zero-order valence-electron chi connectivity index (χ0n) is 16.6. The Labute approximate surface area is 179 Å². The minimum atomic E-state index is -3.54. The summed E-state index contributed by atoms with van der Waals surface area (Å²) in [5, 5.41) is 4.12. The average Bonchev–Trinajstić information content (AvgIpc) is 3.10. The highest BCUT2D eigenvalue weighted by Crippen LogP contribution is 2.25. The van der Waals surface area contributed by atoms with Crippen LogP contribution in [0.3, 0.4) is 0 Å². The second-order valence-electron chi connectivity index (χ2n) is 6.76. The number of hydrogen-bond donors (Lipinski definition) is 2. The summed E-state index contributed by atoms with van der Waals surface area (Å²) in [6.07, 6.45) is 3.42. The Balaban J connectivity index is 1.52. The quantitative estimate of drug-likeness (QED) is 0.426. The van der Waals surface area contributed by atoms with E-state index in [-0.39, 0.29) is 6.54 Å². The highest BCUT2D eigenvalue weighted by molar-refractivity contribution is 7.89. The number of anilines is 1. The van der Waals surface area contributed by atoms with Crippen molar-refractivity contribution in [1.29, 1.82) is 0 Å². The van der Waals surface area contributed by atoms with Crippen LogP contribution in [0.4, 0.5) is 5.82 Å². The van der Waals surface area contributed by atoms with Gasteiger partial charge in [-0.15, -0.1) is 11.3 Å². The first-order chi connectivity index (χ1) is 14.4. The molecule has 0 aliphatic heterocycles. The lowest BCUT2D eigenvalue weighted by Crippen LogP contribution is -2.29. The number of benzene rings is 1. The second kappa shape index (κ2) is 8.47. The van der Waals surface area contributed by atoms with Crippen molar-refractivity contribution in [3.63, 3.8) is 0 Å². The lowest BCUT2D eigenvalue weighted by Gasteiger charge is -2.12. The van der Waals surface area contributed by atoms with Gasteiger partial charge in [0.15, 0.2) is 5.82 Å². The molecular weight excluding hydrogens is 418 g/mol. The van der Waals surface area contributed by atoms with Gasteiger partial charge in [-0.3, -0.25) is 4.98 Å². The van der Waals surface area contributed by atoms with Gasteiger partial charge in [0, 0.05) is 46.2 Å². The molecule has 0 aliphatic carbocycles. The van der Waals surface area contributed by atoms with Gasteiger partial charge in [-0.05, 0) is 44.2 Å². The van der Waals surface area contributed by atoms with Crippen molar-refractivity contribution in [2.75, 3.05) is 18.4 Å². The molecule has 3 aromatic heterocycles. The zero-order chi connectivity index (χ0) is 21.1. The number of nitrogens with zero attached hydrogens (tertiary/aromatic N) is 3. The summed E-state index contributed by atoms with van der Waals surface area (Å²) in [4.78, 5) is 15.5. The summed E-state index contributed by atoms with van der Waals surface area (Å²) < 4.78 is 27.8. The van der Waals surface area contributed by atoms with E-state index in [4.69, 9.17) is 0 Å². The van der Waals surface area contributed by atoms with Crippen LogP contribution in [0.1, 0.15) is 9.75 Å². The molecule has 0 radical (unpaired) electrons. The number of nitrogens with one attached hydrogen (secondary N) is 2. The highest BCUT2D eigenvalue weighted by atomic mass is 32.2. The average molecular weight is 440 g/mol. The smallest absolute Gasteiger partial charge is 0.241 e. The van der Waals surface area contributed by atoms with E-state index in [0.717, 1.165) is 26.2 Å². The number of fused-ring (bicyclic) bond motifs is 1. The van der Waals surface area contributed by atoms with Gasteiger partial charge in [-0.25, -0.2) is 23.1 Å². The predicted octanol–water partition coefficient (Wildman–Crippen LogP) is 3.76. The van der Waals surface area contributed by atoms with Crippen LogP contribution >= 0.6 is 11.3 Å². The molecule has 0 aliphatic rings. The molecular formula is C21H21N5O2S2. The van der Waals surface area contributed by atoms with Crippen molar-refractivity contribution in [3.8, 4) is 11.4 Å². The Kier molecular flexibility index (Phi) is 5.76. The number of aryl methyl sites for hydroxylation is 2. The molecule has 2 N–H and O–H groups in total. The molecule has 1 aromatic carbocycles. The van der Waals surface area contributed by atoms with Gasteiger partial charge >= 0.3 is 0 Å². The molecule has 3 heterocycles. The summed E-state index contributed by atoms with van der Waals surface area (Å²) in [5.41, 5.74) is 1.62. The zero-order valence-corrected chi connectivity index (χ0v) is 18.2. The molecule has 7 nitrogen and oxygen atoms in total. The molecule has 0 fully saturated rings. The number of pyridine rings is 1. The predicted molar refractivity (Wildman–Crippen MR) is 120 cm³/mol. The fourth-order valence-corrected chi connectivity index (χ4v) is 5.74. The van der Waals surface area contributed by atoms with Crippen molar-refractivity contribution in [2.24, 2.45) is 0 Å². The number of aromatic nitrogens is 3. The first-order valence-corrected chi connectivity index (χ1v) is 11.7. The van der Waals surface area contributed by atoms with Crippen molar-refractivity contribution in [2.45, 2.75) is 18.7 Å². The van der Waals surface area contributed by atoms with E-state index < -0.39 is 10.0 Å². The summed E-state index contributed by atoms with van der Waals surface area (Å²) in [7, 11) is -3.54. The lowest BCUT2D eigenvalue weighted by molar-refractivity contribution is 0.582. The van der Waals surface area contributed by atoms with Crippen LogP contribution in [-0.4, -0.2) is 36.5 Å². The van der Waals surface area contributed by atoms with Crippen LogP contribution < -0.4 is 10.0 Å². The minimum absolute atomic E-state index is 0.233. The number of para-hydroxylation sites is 1. The first-order valence-electron chi connectivity index (χ1n) is 9.42. The van der Waals surface area contributed by atoms with Gasteiger partial charge in [-0.2, -0.15) is 0 Å². The fourth-order valence-electron chi connectivity index (χ4n) is 3.15. The van der Waals surface area contributed by atoms with Crippen molar-refractivity contribution in [3.05, 3.63) is 64.6 Å². The summed E-state index contributed by atoms with van der Waals surface area (Å²) in [6.45, 7) is 4.34. The summed E-state index contributed by atoms with van der Waals surface area (Å²) in [5.74, 6) is 1.22. The Morgan fingerprint density at radius 1 is 1.03 bits per heavy atom. The molecule has 0 bridgehead atoms. The number of thiophene rings is 1. The highest BCUT2D eigenvalue weighted by Gasteiger charge is 2.18. The van der Waals surface area contributed by atoms with E-state index in [1.54, 1.807) is 18.5 Å². The Morgan fingerprint density at radius 3 is 2.60 bits per heavy atom. The van der Waals surface area contributed by atoms with Crippen molar-refractivity contribution in [1.82, 2.24) is 19.7 Å². The molecule has 154 valence electrons. The molecule has 30 heavy (non-hydrogen) atoms. The van der Waals surface area contributed by atoms with E-state index in [9.17, 15) is 8.42 Å². The molecule has 0 atom stereocenters. The van der Waals surface area contributed by atoms with Crippen LogP contribution in [0.5, 0.6) is 0 Å². The SMILES string of the molecule is Cc1cc(S(=O)(=O)NCCNc2nc(-c3cccnc3)nc3ccccc23)c(C)s1. The number of rotatable bonds is 7. The minimum Gasteiger partial charge on any atom is -0.368 e. The number of hydrogen-bond acceptors (Lipinski definition) is 7. The van der Waals surface area contributed by atoms with E-state index in [1.165, 1.54) is 11.3 Å². The van der Waals surface area contributed by atoms with Gasteiger partial charge < -0.3 is 5.32 Å². The van der Waals surface area contributed by atoms with Gasteiger partial charge in [0.25, 0.3) is 0 Å². The van der Waals surface area contributed by atoms with Crippen LogP contribution in [0.2, 0.25) is 0 Å². The standard InChI is InChI=1S/C21H21N5O2S2/c1-14-12-19(15(2)29-14)30(27,28)24-11-10-23-21-17-7-3-4-8-18(17)25-20(26-21)16-6-5-9-22-13-16/h3-9,12-13,24H,10-11H2,1-2H3,(H,23,25,26).